The Hall–Kier alpha value is -2.70. The monoisotopic (exact) mass is 350 g/mol. The zero-order valence-electron chi connectivity index (χ0n) is 14.6. The van der Waals surface area contributed by atoms with E-state index in [1.807, 2.05) is 12.3 Å². The highest BCUT2D eigenvalue weighted by atomic mass is 16.1. The van der Waals surface area contributed by atoms with E-state index in [0.29, 0.717) is 11.8 Å². The summed E-state index contributed by atoms with van der Waals surface area (Å²) in [7, 11) is 0. The van der Waals surface area contributed by atoms with Crippen LogP contribution in [0.5, 0.6) is 0 Å². The van der Waals surface area contributed by atoms with Gasteiger partial charge in [0.15, 0.2) is 0 Å². The van der Waals surface area contributed by atoms with Crippen molar-refractivity contribution in [2.24, 2.45) is 5.92 Å². The molecule has 0 atom stereocenters. The number of nitrogens with one attached hydrogen (secondary N) is 1. The minimum atomic E-state index is 0.0918. The van der Waals surface area contributed by atoms with Crippen molar-refractivity contribution in [2.75, 3.05) is 18.0 Å². The molecule has 134 valence electrons. The molecule has 7 nitrogen and oxygen atoms in total. The topological polar surface area (TPSA) is 79.7 Å². The molecule has 1 saturated heterocycles. The summed E-state index contributed by atoms with van der Waals surface area (Å²) in [6.45, 7) is 2.66. The van der Waals surface area contributed by atoms with Gasteiger partial charge in [0.2, 0.25) is 0 Å². The second-order valence-electron chi connectivity index (χ2n) is 7.45. The van der Waals surface area contributed by atoms with Crippen molar-refractivity contribution in [2.45, 2.75) is 38.1 Å². The number of rotatable bonds is 4. The van der Waals surface area contributed by atoms with Crippen molar-refractivity contribution in [3.63, 3.8) is 0 Å². The van der Waals surface area contributed by atoms with Crippen LogP contribution in [0.4, 0.5) is 5.82 Å². The first-order valence-electron chi connectivity index (χ1n) is 9.37. The number of H-pyrrole nitrogens is 1. The predicted molar refractivity (Wildman–Crippen MR) is 99.3 cm³/mol. The number of piperidine rings is 1. The normalized spacial score (nSPS) is 18.5. The zero-order valence-corrected chi connectivity index (χ0v) is 14.6. The van der Waals surface area contributed by atoms with Gasteiger partial charge in [0.25, 0.3) is 5.56 Å². The molecule has 1 aliphatic carbocycles. The molecule has 26 heavy (non-hydrogen) atoms. The highest BCUT2D eigenvalue weighted by Crippen LogP contribution is 2.38. The summed E-state index contributed by atoms with van der Waals surface area (Å²) >= 11 is 0. The summed E-state index contributed by atoms with van der Waals surface area (Å²) < 4.78 is 1.78. The summed E-state index contributed by atoms with van der Waals surface area (Å²) in [5, 5.41) is 1.07. The van der Waals surface area contributed by atoms with E-state index in [-0.39, 0.29) is 5.56 Å². The summed E-state index contributed by atoms with van der Waals surface area (Å²) in [6, 6.07) is 3.76. The number of hydrogen-bond donors (Lipinski definition) is 1. The van der Waals surface area contributed by atoms with Gasteiger partial charge in [0.05, 0.1) is 17.4 Å². The smallest absolute Gasteiger partial charge is 0.253 e. The molecule has 1 saturated carbocycles. The first-order chi connectivity index (χ1) is 12.8. The van der Waals surface area contributed by atoms with E-state index >= 15 is 0 Å². The predicted octanol–water partition coefficient (Wildman–Crippen LogP) is 2.31. The molecule has 0 aromatic carbocycles. The summed E-state index contributed by atoms with van der Waals surface area (Å²) in [6.07, 6.45) is 9.71. The van der Waals surface area contributed by atoms with Crippen molar-refractivity contribution in [1.82, 2.24) is 24.5 Å². The molecule has 3 aromatic heterocycles. The van der Waals surface area contributed by atoms with Crippen LogP contribution in [0.2, 0.25) is 0 Å². The fourth-order valence-corrected chi connectivity index (χ4v) is 3.90. The molecule has 0 spiro atoms. The van der Waals surface area contributed by atoms with Crippen molar-refractivity contribution in [1.29, 1.82) is 0 Å². The van der Waals surface area contributed by atoms with E-state index in [0.717, 1.165) is 55.0 Å². The molecule has 1 N–H and O–H groups in total. The Balaban J connectivity index is 1.26. The summed E-state index contributed by atoms with van der Waals surface area (Å²) in [4.78, 5) is 31.0. The maximum atomic E-state index is 12.3. The van der Waals surface area contributed by atoms with Gasteiger partial charge < -0.3 is 9.88 Å². The lowest BCUT2D eigenvalue weighted by Gasteiger charge is -2.33. The van der Waals surface area contributed by atoms with Crippen LogP contribution in [0.3, 0.4) is 0 Å². The molecular formula is C19H22N6O. The molecule has 0 amide bonds. The lowest BCUT2D eigenvalue weighted by molar-refractivity contribution is 0.350. The van der Waals surface area contributed by atoms with Gasteiger partial charge in [-0.05, 0) is 37.7 Å². The third-order valence-electron chi connectivity index (χ3n) is 5.60. The Bertz CT molecular complexity index is 981. The van der Waals surface area contributed by atoms with Gasteiger partial charge in [-0.1, -0.05) is 0 Å². The Morgan fingerprint density at radius 2 is 1.96 bits per heavy atom. The van der Waals surface area contributed by atoms with Crippen LogP contribution in [0.1, 0.15) is 37.3 Å². The summed E-state index contributed by atoms with van der Waals surface area (Å²) in [5.41, 5.74) is 1.94. The molecule has 7 heteroatoms. The van der Waals surface area contributed by atoms with E-state index in [9.17, 15) is 4.79 Å². The minimum absolute atomic E-state index is 0.0918. The van der Waals surface area contributed by atoms with E-state index in [2.05, 4.69) is 24.8 Å². The second-order valence-corrected chi connectivity index (χ2v) is 7.45. The zero-order chi connectivity index (χ0) is 17.5. The van der Waals surface area contributed by atoms with Crippen molar-refractivity contribution >= 4 is 16.9 Å². The fraction of sp³-hybridized carbons (Fsp3) is 0.474. The average molecular weight is 350 g/mol. The Morgan fingerprint density at radius 3 is 2.73 bits per heavy atom. The maximum absolute atomic E-state index is 12.3. The Kier molecular flexibility index (Phi) is 3.72. The maximum Gasteiger partial charge on any atom is 0.253 e. The quantitative estimate of drug-likeness (QED) is 0.781. The van der Waals surface area contributed by atoms with Gasteiger partial charge in [-0.3, -0.25) is 9.36 Å². The Labute approximate surface area is 151 Å². The largest absolute Gasteiger partial charge is 0.356 e. The third-order valence-corrected chi connectivity index (χ3v) is 5.60. The van der Waals surface area contributed by atoms with Crippen LogP contribution < -0.4 is 10.5 Å². The molecule has 4 heterocycles. The van der Waals surface area contributed by atoms with Crippen LogP contribution in [-0.4, -0.2) is 37.6 Å². The highest BCUT2D eigenvalue weighted by Gasteiger charge is 2.26. The van der Waals surface area contributed by atoms with Crippen LogP contribution in [0.25, 0.3) is 11.0 Å². The van der Waals surface area contributed by atoms with E-state index in [1.54, 1.807) is 23.3 Å². The van der Waals surface area contributed by atoms with Gasteiger partial charge in [-0.25, -0.2) is 15.0 Å². The van der Waals surface area contributed by atoms with Gasteiger partial charge in [-0.15, -0.1) is 0 Å². The van der Waals surface area contributed by atoms with Gasteiger partial charge in [0.1, 0.15) is 17.8 Å². The van der Waals surface area contributed by atoms with Crippen molar-refractivity contribution < 1.29 is 0 Å². The van der Waals surface area contributed by atoms with Crippen LogP contribution in [-0.2, 0) is 6.54 Å². The molecule has 0 bridgehead atoms. The van der Waals surface area contributed by atoms with Crippen LogP contribution >= 0.6 is 0 Å². The Morgan fingerprint density at radius 1 is 1.12 bits per heavy atom. The van der Waals surface area contributed by atoms with Crippen LogP contribution in [0, 0.1) is 5.92 Å². The number of aromatic amines is 1. The molecule has 5 rings (SSSR count). The van der Waals surface area contributed by atoms with E-state index in [1.165, 1.54) is 12.8 Å². The fourth-order valence-electron chi connectivity index (χ4n) is 3.90. The molecule has 2 fully saturated rings. The number of nitrogens with zero attached hydrogens (tertiary/aromatic N) is 5. The van der Waals surface area contributed by atoms with E-state index in [4.69, 9.17) is 0 Å². The lowest BCUT2D eigenvalue weighted by atomic mass is 9.96. The molecule has 2 aliphatic rings. The van der Waals surface area contributed by atoms with Gasteiger partial charge in [0, 0.05) is 37.8 Å². The molecular weight excluding hydrogens is 328 g/mol. The molecule has 0 radical (unpaired) electrons. The number of anilines is 1. The van der Waals surface area contributed by atoms with Crippen molar-refractivity contribution in [3.05, 3.63) is 47.0 Å². The van der Waals surface area contributed by atoms with Crippen molar-refractivity contribution in [3.8, 4) is 0 Å². The molecule has 1 aliphatic heterocycles. The SMILES string of the molecule is O=c1cc(C2CC2)ncn1CC1CCN(c2ncnc3[nH]ccc23)CC1. The highest BCUT2D eigenvalue weighted by molar-refractivity contribution is 5.87. The number of fused-ring (bicyclic) bond motifs is 1. The third kappa shape index (κ3) is 2.87. The number of hydrogen-bond acceptors (Lipinski definition) is 5. The van der Waals surface area contributed by atoms with Gasteiger partial charge in [-0.2, -0.15) is 0 Å². The molecule has 3 aromatic rings. The molecule has 0 unspecified atom stereocenters. The minimum Gasteiger partial charge on any atom is -0.356 e. The van der Waals surface area contributed by atoms with Crippen LogP contribution in [0.15, 0.2) is 35.8 Å². The van der Waals surface area contributed by atoms with E-state index < -0.39 is 0 Å². The second kappa shape index (κ2) is 6.23. The first-order valence-corrected chi connectivity index (χ1v) is 9.37. The van der Waals surface area contributed by atoms with Gasteiger partial charge >= 0.3 is 0 Å². The first kappa shape index (κ1) is 15.5. The average Bonchev–Trinajstić information content (AvgIpc) is 3.40. The summed E-state index contributed by atoms with van der Waals surface area (Å²) in [5.74, 6) is 2.03. The number of aromatic nitrogens is 5. The standard InChI is InChI=1S/C19H22N6O/c26-17-9-16(14-1-2-14)23-12-25(17)10-13-4-7-24(8-5-13)19-15-3-6-20-18(15)21-11-22-19/h3,6,9,11-14H,1-2,4-5,7-8,10H2,(H,20,21,22). The lowest BCUT2D eigenvalue weighted by Crippen LogP contribution is -2.37.